The van der Waals surface area contributed by atoms with Gasteiger partial charge in [0.25, 0.3) is 0 Å². The van der Waals surface area contributed by atoms with Gasteiger partial charge in [-0.1, -0.05) is 0 Å². The SMILES string of the molecule is CC#CCCn1cc(CN)c(C)n1. The zero-order valence-electron chi connectivity index (χ0n) is 8.17. The van der Waals surface area contributed by atoms with Crippen LogP contribution in [-0.4, -0.2) is 9.78 Å². The Labute approximate surface area is 78.9 Å². The third kappa shape index (κ3) is 2.60. The topological polar surface area (TPSA) is 43.8 Å². The van der Waals surface area contributed by atoms with Crippen LogP contribution in [0.15, 0.2) is 6.20 Å². The third-order valence-electron chi connectivity index (χ3n) is 1.91. The summed E-state index contributed by atoms with van der Waals surface area (Å²) in [6.45, 7) is 5.23. The summed E-state index contributed by atoms with van der Waals surface area (Å²) < 4.78 is 1.90. The van der Waals surface area contributed by atoms with Crippen molar-refractivity contribution in [1.82, 2.24) is 9.78 Å². The van der Waals surface area contributed by atoms with Crippen LogP contribution in [0.1, 0.15) is 24.6 Å². The van der Waals surface area contributed by atoms with Gasteiger partial charge in [0.05, 0.1) is 12.2 Å². The normalized spacial score (nSPS) is 9.46. The quantitative estimate of drug-likeness (QED) is 0.702. The number of aromatic nitrogens is 2. The fourth-order valence-electron chi connectivity index (χ4n) is 1.17. The fourth-order valence-corrected chi connectivity index (χ4v) is 1.17. The zero-order valence-corrected chi connectivity index (χ0v) is 8.17. The molecule has 0 saturated heterocycles. The van der Waals surface area contributed by atoms with Crippen molar-refractivity contribution in [1.29, 1.82) is 0 Å². The first-order valence-electron chi connectivity index (χ1n) is 4.40. The number of hydrogen-bond acceptors (Lipinski definition) is 2. The summed E-state index contributed by atoms with van der Waals surface area (Å²) in [4.78, 5) is 0. The van der Waals surface area contributed by atoms with Crippen LogP contribution >= 0.6 is 0 Å². The Kier molecular flexibility index (Phi) is 3.53. The maximum Gasteiger partial charge on any atom is 0.0638 e. The average molecular weight is 177 g/mol. The molecule has 0 unspecified atom stereocenters. The van der Waals surface area contributed by atoms with Crippen LogP contribution in [0.25, 0.3) is 0 Å². The van der Waals surface area contributed by atoms with E-state index in [9.17, 15) is 0 Å². The van der Waals surface area contributed by atoms with Gasteiger partial charge in [0.15, 0.2) is 0 Å². The van der Waals surface area contributed by atoms with E-state index in [1.54, 1.807) is 0 Å². The lowest BCUT2D eigenvalue weighted by molar-refractivity contribution is 0.624. The van der Waals surface area contributed by atoms with E-state index in [2.05, 4.69) is 16.9 Å². The Bertz CT molecular complexity index is 328. The van der Waals surface area contributed by atoms with Crippen molar-refractivity contribution in [2.24, 2.45) is 5.73 Å². The Balaban J connectivity index is 2.61. The molecule has 1 aromatic rings. The van der Waals surface area contributed by atoms with E-state index < -0.39 is 0 Å². The fraction of sp³-hybridized carbons (Fsp3) is 0.500. The molecule has 2 N–H and O–H groups in total. The number of rotatable bonds is 3. The molecule has 0 bridgehead atoms. The van der Waals surface area contributed by atoms with Crippen molar-refractivity contribution in [3.05, 3.63) is 17.5 Å². The van der Waals surface area contributed by atoms with Crippen LogP contribution in [0.4, 0.5) is 0 Å². The molecule has 1 aromatic heterocycles. The monoisotopic (exact) mass is 177 g/mol. The van der Waals surface area contributed by atoms with Gasteiger partial charge in [-0.15, -0.1) is 11.8 Å². The molecule has 0 aliphatic rings. The van der Waals surface area contributed by atoms with Gasteiger partial charge in [-0.05, 0) is 13.8 Å². The third-order valence-corrected chi connectivity index (χ3v) is 1.91. The lowest BCUT2D eigenvalue weighted by Gasteiger charge is -1.94. The van der Waals surface area contributed by atoms with Crippen LogP contribution in [0, 0.1) is 18.8 Å². The molecule has 0 radical (unpaired) electrons. The van der Waals surface area contributed by atoms with Crippen LogP contribution in [-0.2, 0) is 13.1 Å². The molecule has 3 nitrogen and oxygen atoms in total. The number of nitrogens with two attached hydrogens (primary N) is 1. The van der Waals surface area contributed by atoms with Crippen molar-refractivity contribution in [3.63, 3.8) is 0 Å². The number of hydrogen-bond donors (Lipinski definition) is 1. The van der Waals surface area contributed by atoms with Gasteiger partial charge in [0, 0.05) is 24.7 Å². The highest BCUT2D eigenvalue weighted by molar-refractivity contribution is 5.14. The second kappa shape index (κ2) is 4.68. The molecule has 1 heterocycles. The average Bonchev–Trinajstić information content (AvgIpc) is 2.47. The number of nitrogens with zero attached hydrogens (tertiary/aromatic N) is 2. The van der Waals surface area contributed by atoms with Gasteiger partial charge in [-0.2, -0.15) is 5.10 Å². The predicted octanol–water partition coefficient (Wildman–Crippen LogP) is 1.06. The standard InChI is InChI=1S/C10H15N3/c1-3-4-5-6-13-8-10(7-11)9(2)12-13/h8H,5-7,11H2,1-2H3. The van der Waals surface area contributed by atoms with Crippen molar-refractivity contribution in [2.75, 3.05) is 0 Å². The van der Waals surface area contributed by atoms with E-state index >= 15 is 0 Å². The first-order valence-corrected chi connectivity index (χ1v) is 4.40. The molecule has 0 amide bonds. The minimum atomic E-state index is 0.561. The minimum Gasteiger partial charge on any atom is -0.326 e. The number of aryl methyl sites for hydroxylation is 2. The molecule has 70 valence electrons. The van der Waals surface area contributed by atoms with Gasteiger partial charge >= 0.3 is 0 Å². The lowest BCUT2D eigenvalue weighted by Crippen LogP contribution is -1.97. The lowest BCUT2D eigenvalue weighted by atomic mass is 10.3. The van der Waals surface area contributed by atoms with E-state index in [0.29, 0.717) is 6.54 Å². The zero-order chi connectivity index (χ0) is 9.68. The molecular formula is C10H15N3. The molecule has 0 atom stereocenters. The molecule has 1 rings (SSSR count). The summed E-state index contributed by atoms with van der Waals surface area (Å²) in [6.07, 6.45) is 2.84. The highest BCUT2D eigenvalue weighted by Gasteiger charge is 2.01. The Hall–Kier alpha value is -1.27. The van der Waals surface area contributed by atoms with Crippen molar-refractivity contribution in [3.8, 4) is 11.8 Å². The summed E-state index contributed by atoms with van der Waals surface area (Å²) in [5.41, 5.74) is 7.67. The van der Waals surface area contributed by atoms with Crippen molar-refractivity contribution < 1.29 is 0 Å². The molecule has 0 aliphatic heterocycles. The Morgan fingerprint density at radius 2 is 2.38 bits per heavy atom. The van der Waals surface area contributed by atoms with Crippen LogP contribution in [0.3, 0.4) is 0 Å². The van der Waals surface area contributed by atoms with Crippen LogP contribution in [0.2, 0.25) is 0 Å². The summed E-state index contributed by atoms with van der Waals surface area (Å²) in [7, 11) is 0. The summed E-state index contributed by atoms with van der Waals surface area (Å²) in [5.74, 6) is 5.86. The van der Waals surface area contributed by atoms with E-state index in [1.165, 1.54) is 0 Å². The van der Waals surface area contributed by atoms with Crippen LogP contribution < -0.4 is 5.73 Å². The van der Waals surface area contributed by atoms with Gasteiger partial charge < -0.3 is 5.73 Å². The largest absolute Gasteiger partial charge is 0.326 e. The van der Waals surface area contributed by atoms with E-state index in [1.807, 2.05) is 24.7 Å². The molecule has 0 aromatic carbocycles. The molecular weight excluding hydrogens is 162 g/mol. The van der Waals surface area contributed by atoms with Crippen molar-refractivity contribution >= 4 is 0 Å². The predicted molar refractivity (Wildman–Crippen MR) is 52.9 cm³/mol. The highest BCUT2D eigenvalue weighted by atomic mass is 15.3. The maximum absolute atomic E-state index is 5.54. The second-order valence-corrected chi connectivity index (χ2v) is 2.88. The Morgan fingerprint density at radius 1 is 1.62 bits per heavy atom. The van der Waals surface area contributed by atoms with Gasteiger partial charge in [-0.3, -0.25) is 4.68 Å². The molecule has 13 heavy (non-hydrogen) atoms. The highest BCUT2D eigenvalue weighted by Crippen LogP contribution is 2.04. The minimum absolute atomic E-state index is 0.561. The van der Waals surface area contributed by atoms with Gasteiger partial charge in [0.2, 0.25) is 0 Å². The second-order valence-electron chi connectivity index (χ2n) is 2.88. The Morgan fingerprint density at radius 3 is 2.92 bits per heavy atom. The van der Waals surface area contributed by atoms with Gasteiger partial charge in [0.1, 0.15) is 0 Å². The summed E-state index contributed by atoms with van der Waals surface area (Å²) >= 11 is 0. The van der Waals surface area contributed by atoms with E-state index in [4.69, 9.17) is 5.73 Å². The molecule has 3 heteroatoms. The molecule has 0 saturated carbocycles. The van der Waals surface area contributed by atoms with Crippen LogP contribution in [0.5, 0.6) is 0 Å². The first kappa shape index (κ1) is 9.82. The van der Waals surface area contributed by atoms with Gasteiger partial charge in [-0.25, -0.2) is 0 Å². The first-order chi connectivity index (χ1) is 6.27. The molecule has 0 fully saturated rings. The molecule has 0 aliphatic carbocycles. The summed E-state index contributed by atoms with van der Waals surface area (Å²) in [6, 6.07) is 0. The summed E-state index contributed by atoms with van der Waals surface area (Å²) in [5, 5.41) is 4.32. The maximum atomic E-state index is 5.54. The van der Waals surface area contributed by atoms with E-state index in [0.717, 1.165) is 24.2 Å². The molecule has 0 spiro atoms. The van der Waals surface area contributed by atoms with Crippen molar-refractivity contribution in [2.45, 2.75) is 33.4 Å². The van der Waals surface area contributed by atoms with E-state index in [-0.39, 0.29) is 0 Å². The smallest absolute Gasteiger partial charge is 0.0638 e.